The highest BCUT2D eigenvalue weighted by molar-refractivity contribution is 6.35. The number of halogens is 2. The lowest BCUT2D eigenvalue weighted by Crippen LogP contribution is -2.46. The number of nitrogens with one attached hydrogen (secondary N) is 1. The van der Waals surface area contributed by atoms with Gasteiger partial charge in [0.05, 0.1) is 6.61 Å². The third-order valence-corrected chi connectivity index (χ3v) is 2.83. The molecule has 1 rings (SSSR count). The van der Waals surface area contributed by atoms with Crippen LogP contribution in [0.4, 0.5) is 15.3 Å². The Morgan fingerprint density at radius 1 is 1.15 bits per heavy atom. The molecule has 0 saturated heterocycles. The van der Waals surface area contributed by atoms with Crippen molar-refractivity contribution in [3.05, 3.63) is 28.2 Å². The number of carbonyl (C=O) groups excluding carboxylic acids is 2. The molecule has 0 aliphatic heterocycles. The van der Waals surface area contributed by atoms with Crippen LogP contribution < -0.4 is 5.32 Å². The van der Waals surface area contributed by atoms with Crippen molar-refractivity contribution in [2.24, 2.45) is 0 Å². The van der Waals surface area contributed by atoms with Gasteiger partial charge in [-0.05, 0) is 25.1 Å². The standard InChI is InChI=1S/C12H15Cl2N3O3/c1-4-20-12(19)17(3)16(2)11(18)15-10-6-8(13)5-9(14)7-10/h5-7H,4H2,1-3H3,(H,15,18). The number of ether oxygens (including phenoxy) is 1. The van der Waals surface area contributed by atoms with Gasteiger partial charge < -0.3 is 10.1 Å². The van der Waals surface area contributed by atoms with Gasteiger partial charge >= 0.3 is 12.1 Å². The topological polar surface area (TPSA) is 61.9 Å². The van der Waals surface area contributed by atoms with Gasteiger partial charge in [0, 0.05) is 29.8 Å². The maximum atomic E-state index is 12.0. The number of anilines is 1. The normalized spacial score (nSPS) is 9.85. The minimum Gasteiger partial charge on any atom is -0.448 e. The zero-order chi connectivity index (χ0) is 15.3. The highest BCUT2D eigenvalue weighted by Gasteiger charge is 2.19. The molecule has 0 spiro atoms. The highest BCUT2D eigenvalue weighted by atomic mass is 35.5. The van der Waals surface area contributed by atoms with Crippen LogP contribution in [-0.4, -0.2) is 42.8 Å². The Bertz CT molecular complexity index is 490. The van der Waals surface area contributed by atoms with E-state index in [4.69, 9.17) is 27.9 Å². The molecule has 1 aromatic carbocycles. The minimum atomic E-state index is -0.630. The molecule has 0 radical (unpaired) electrons. The van der Waals surface area contributed by atoms with Gasteiger partial charge in [0.2, 0.25) is 0 Å². The highest BCUT2D eigenvalue weighted by Crippen LogP contribution is 2.22. The lowest BCUT2D eigenvalue weighted by Gasteiger charge is -2.27. The summed E-state index contributed by atoms with van der Waals surface area (Å²) in [4.78, 5) is 23.5. The zero-order valence-electron chi connectivity index (χ0n) is 11.3. The smallest absolute Gasteiger partial charge is 0.428 e. The van der Waals surface area contributed by atoms with Gasteiger partial charge in [-0.1, -0.05) is 23.2 Å². The van der Waals surface area contributed by atoms with Gasteiger partial charge in [0.1, 0.15) is 0 Å². The van der Waals surface area contributed by atoms with Crippen molar-refractivity contribution in [3.8, 4) is 0 Å². The summed E-state index contributed by atoms with van der Waals surface area (Å²) in [5, 5.41) is 5.49. The first-order valence-corrected chi connectivity index (χ1v) is 6.52. The molecule has 0 atom stereocenters. The fourth-order valence-corrected chi connectivity index (χ4v) is 1.83. The molecule has 0 unspecified atom stereocenters. The Morgan fingerprint density at radius 2 is 1.70 bits per heavy atom. The lowest BCUT2D eigenvalue weighted by atomic mass is 10.3. The monoisotopic (exact) mass is 319 g/mol. The van der Waals surface area contributed by atoms with Crippen LogP contribution in [0, 0.1) is 0 Å². The van der Waals surface area contributed by atoms with Gasteiger partial charge in [0.25, 0.3) is 0 Å². The van der Waals surface area contributed by atoms with Gasteiger partial charge in [0.15, 0.2) is 0 Å². The van der Waals surface area contributed by atoms with Crippen molar-refractivity contribution in [2.45, 2.75) is 6.92 Å². The van der Waals surface area contributed by atoms with Crippen molar-refractivity contribution < 1.29 is 14.3 Å². The summed E-state index contributed by atoms with van der Waals surface area (Å²) in [5.41, 5.74) is 0.427. The molecular weight excluding hydrogens is 305 g/mol. The zero-order valence-corrected chi connectivity index (χ0v) is 12.8. The molecule has 0 aliphatic rings. The number of nitrogens with zero attached hydrogens (tertiary/aromatic N) is 2. The number of urea groups is 1. The number of rotatable bonds is 2. The summed E-state index contributed by atoms with van der Waals surface area (Å²) >= 11 is 11.7. The predicted octanol–water partition coefficient (Wildman–Crippen LogP) is 3.46. The van der Waals surface area contributed by atoms with Crippen molar-refractivity contribution >= 4 is 41.0 Å². The molecule has 6 nitrogen and oxygen atoms in total. The van der Waals surface area contributed by atoms with Crippen LogP contribution in [0.25, 0.3) is 0 Å². The van der Waals surface area contributed by atoms with E-state index in [-0.39, 0.29) is 6.61 Å². The third kappa shape index (κ3) is 4.47. The number of hydrogen-bond donors (Lipinski definition) is 1. The molecule has 1 N–H and O–H groups in total. The lowest BCUT2D eigenvalue weighted by molar-refractivity contribution is 0.0421. The molecular formula is C12H15Cl2N3O3. The second-order valence-electron chi connectivity index (χ2n) is 3.83. The summed E-state index contributed by atoms with van der Waals surface area (Å²) in [6.45, 7) is 1.91. The number of carbonyl (C=O) groups is 2. The molecule has 0 saturated carbocycles. The van der Waals surface area contributed by atoms with Gasteiger partial charge in [-0.25, -0.2) is 19.6 Å². The van der Waals surface area contributed by atoms with Crippen LogP contribution in [0.2, 0.25) is 10.0 Å². The van der Waals surface area contributed by atoms with Gasteiger partial charge in [-0.15, -0.1) is 0 Å². The minimum absolute atomic E-state index is 0.225. The van der Waals surface area contributed by atoms with E-state index in [0.717, 1.165) is 10.0 Å². The molecule has 0 fully saturated rings. The van der Waals surface area contributed by atoms with Crippen LogP contribution in [0.5, 0.6) is 0 Å². The van der Waals surface area contributed by atoms with Crippen LogP contribution in [-0.2, 0) is 4.74 Å². The summed E-state index contributed by atoms with van der Waals surface area (Å²) in [6.07, 6.45) is -0.630. The van der Waals surface area contributed by atoms with E-state index in [1.807, 2.05) is 0 Å². The number of amides is 3. The molecule has 3 amide bonds. The van der Waals surface area contributed by atoms with E-state index in [9.17, 15) is 9.59 Å². The molecule has 0 aliphatic carbocycles. The van der Waals surface area contributed by atoms with Crippen molar-refractivity contribution in [2.75, 3.05) is 26.0 Å². The summed E-state index contributed by atoms with van der Waals surface area (Å²) < 4.78 is 4.79. The molecule has 1 aromatic rings. The number of benzene rings is 1. The third-order valence-electron chi connectivity index (χ3n) is 2.39. The maximum Gasteiger partial charge on any atom is 0.428 e. The van der Waals surface area contributed by atoms with Crippen LogP contribution in [0.3, 0.4) is 0 Å². The predicted molar refractivity (Wildman–Crippen MR) is 78.0 cm³/mol. The quantitative estimate of drug-likeness (QED) is 0.849. The molecule has 0 heterocycles. The van der Waals surface area contributed by atoms with E-state index in [0.29, 0.717) is 15.7 Å². The van der Waals surface area contributed by atoms with Crippen molar-refractivity contribution in [1.82, 2.24) is 10.0 Å². The largest absolute Gasteiger partial charge is 0.448 e. The maximum absolute atomic E-state index is 12.0. The molecule has 8 heteroatoms. The SMILES string of the molecule is CCOC(=O)N(C)N(C)C(=O)Nc1cc(Cl)cc(Cl)c1. The second-order valence-corrected chi connectivity index (χ2v) is 4.71. The van der Waals surface area contributed by atoms with Gasteiger partial charge in [-0.3, -0.25) is 0 Å². The van der Waals surface area contributed by atoms with E-state index < -0.39 is 12.1 Å². The van der Waals surface area contributed by atoms with Crippen molar-refractivity contribution in [3.63, 3.8) is 0 Å². The fourth-order valence-electron chi connectivity index (χ4n) is 1.31. The van der Waals surface area contributed by atoms with E-state index >= 15 is 0 Å². The van der Waals surface area contributed by atoms with E-state index in [1.165, 1.54) is 14.1 Å². The first kappa shape index (κ1) is 16.4. The second kappa shape index (κ2) is 7.21. The Kier molecular flexibility index (Phi) is 5.91. The summed E-state index contributed by atoms with van der Waals surface area (Å²) in [6, 6.07) is 4.11. The van der Waals surface area contributed by atoms with Gasteiger partial charge in [-0.2, -0.15) is 0 Å². The fraction of sp³-hybridized carbons (Fsp3) is 0.333. The molecule has 0 bridgehead atoms. The number of hydrazine groups is 1. The molecule has 20 heavy (non-hydrogen) atoms. The Morgan fingerprint density at radius 3 is 2.20 bits per heavy atom. The first-order chi connectivity index (χ1) is 9.35. The Hall–Kier alpha value is -1.66. The molecule has 0 aromatic heterocycles. The van der Waals surface area contributed by atoms with E-state index in [2.05, 4.69) is 5.32 Å². The number of hydrogen-bond acceptors (Lipinski definition) is 3. The Labute approximate surface area is 127 Å². The average molecular weight is 320 g/mol. The van der Waals surface area contributed by atoms with E-state index in [1.54, 1.807) is 25.1 Å². The summed E-state index contributed by atoms with van der Waals surface area (Å²) in [5.74, 6) is 0. The Balaban J connectivity index is 2.72. The average Bonchev–Trinajstić information content (AvgIpc) is 2.35. The van der Waals surface area contributed by atoms with Crippen molar-refractivity contribution in [1.29, 1.82) is 0 Å². The summed E-state index contributed by atoms with van der Waals surface area (Å²) in [7, 11) is 2.85. The van der Waals surface area contributed by atoms with Crippen LogP contribution in [0.1, 0.15) is 6.92 Å². The van der Waals surface area contributed by atoms with Crippen LogP contribution in [0.15, 0.2) is 18.2 Å². The molecule has 110 valence electrons. The van der Waals surface area contributed by atoms with Crippen LogP contribution >= 0.6 is 23.2 Å². The first-order valence-electron chi connectivity index (χ1n) is 5.76.